The average molecular weight is 393 g/mol. The van der Waals surface area contributed by atoms with Crippen LogP contribution in [-0.2, 0) is 11.0 Å². The van der Waals surface area contributed by atoms with Crippen LogP contribution in [0.3, 0.4) is 0 Å². The third-order valence-corrected chi connectivity index (χ3v) is 4.78. The van der Waals surface area contributed by atoms with E-state index in [1.165, 1.54) is 6.92 Å². The molecule has 1 atom stereocenters. The van der Waals surface area contributed by atoms with E-state index in [-0.39, 0.29) is 5.13 Å². The summed E-state index contributed by atoms with van der Waals surface area (Å²) in [6, 6.07) is 2.10. The first-order valence-electron chi connectivity index (χ1n) is 6.50. The molecule has 0 saturated carbocycles. The first-order chi connectivity index (χ1) is 11.6. The Morgan fingerprint density at radius 3 is 2.64 bits per heavy atom. The number of nitrogen functional groups attached to an aromatic ring is 1. The van der Waals surface area contributed by atoms with Gasteiger partial charge in [-0.3, -0.25) is 14.9 Å². The van der Waals surface area contributed by atoms with Crippen molar-refractivity contribution in [1.82, 2.24) is 10.2 Å². The van der Waals surface area contributed by atoms with Gasteiger partial charge in [-0.2, -0.15) is 13.2 Å². The Labute approximate surface area is 146 Å². The van der Waals surface area contributed by atoms with Gasteiger partial charge >= 0.3 is 6.18 Å². The summed E-state index contributed by atoms with van der Waals surface area (Å²) in [6.45, 7) is 1.47. The lowest BCUT2D eigenvalue weighted by Crippen LogP contribution is -2.24. The number of rotatable bonds is 5. The minimum atomic E-state index is -4.86. The molecule has 3 N–H and O–H groups in total. The van der Waals surface area contributed by atoms with Crippen LogP contribution in [0.2, 0.25) is 0 Å². The van der Waals surface area contributed by atoms with E-state index in [1.807, 2.05) is 0 Å². The molecule has 0 aliphatic carbocycles. The van der Waals surface area contributed by atoms with Gasteiger partial charge in [0.05, 0.1) is 21.4 Å². The molecule has 1 heterocycles. The fourth-order valence-corrected chi connectivity index (χ4v) is 3.48. The van der Waals surface area contributed by atoms with Crippen molar-refractivity contribution >= 4 is 45.5 Å². The van der Waals surface area contributed by atoms with Crippen molar-refractivity contribution in [3.8, 4) is 0 Å². The highest BCUT2D eigenvalue weighted by molar-refractivity contribution is 8.02. The zero-order chi connectivity index (χ0) is 18.8. The number of anilines is 2. The summed E-state index contributed by atoms with van der Waals surface area (Å²) >= 11 is 2.01. The van der Waals surface area contributed by atoms with Gasteiger partial charge in [0, 0.05) is 12.1 Å². The van der Waals surface area contributed by atoms with Crippen LogP contribution >= 0.6 is 23.1 Å². The second kappa shape index (κ2) is 7.23. The zero-order valence-corrected chi connectivity index (χ0v) is 14.0. The quantitative estimate of drug-likeness (QED) is 0.454. The molecule has 1 aromatic heterocycles. The number of nitrogens with one attached hydrogen (secondary N) is 1. The molecule has 134 valence electrons. The summed E-state index contributed by atoms with van der Waals surface area (Å²) in [5, 5.41) is 19.5. The molecular weight excluding hydrogens is 383 g/mol. The highest BCUT2D eigenvalue weighted by atomic mass is 32.2. The predicted octanol–water partition coefficient (Wildman–Crippen LogP) is 3.17. The van der Waals surface area contributed by atoms with Crippen LogP contribution in [-0.4, -0.2) is 26.3 Å². The predicted molar refractivity (Wildman–Crippen MR) is 86.4 cm³/mol. The molecule has 8 nitrogen and oxygen atoms in total. The van der Waals surface area contributed by atoms with Crippen molar-refractivity contribution in [2.45, 2.75) is 22.7 Å². The van der Waals surface area contributed by atoms with E-state index >= 15 is 0 Å². The Morgan fingerprint density at radius 2 is 2.12 bits per heavy atom. The number of halogens is 3. The lowest BCUT2D eigenvalue weighted by Gasteiger charge is -2.15. The maximum Gasteiger partial charge on any atom is 0.418 e. The van der Waals surface area contributed by atoms with Gasteiger partial charge < -0.3 is 11.1 Å². The van der Waals surface area contributed by atoms with E-state index in [4.69, 9.17) is 5.73 Å². The van der Waals surface area contributed by atoms with Gasteiger partial charge in [0.25, 0.3) is 5.69 Å². The second-order valence-electron chi connectivity index (χ2n) is 4.64. The van der Waals surface area contributed by atoms with Crippen LogP contribution in [0.25, 0.3) is 0 Å². The molecule has 0 radical (unpaired) electrons. The SMILES string of the molecule is C[C@H](Sc1nnc(N)s1)C(=O)Nc1ccc([N+](=O)[O-])cc1C(F)(F)F. The van der Waals surface area contributed by atoms with Crippen molar-refractivity contribution in [3.63, 3.8) is 0 Å². The monoisotopic (exact) mass is 393 g/mol. The van der Waals surface area contributed by atoms with Crippen molar-refractivity contribution in [2.24, 2.45) is 0 Å². The Bertz CT molecular complexity index is 812. The van der Waals surface area contributed by atoms with E-state index in [0.29, 0.717) is 10.4 Å². The van der Waals surface area contributed by atoms with E-state index in [2.05, 4.69) is 15.5 Å². The molecule has 0 unspecified atom stereocenters. The van der Waals surface area contributed by atoms with E-state index < -0.39 is 39.2 Å². The minimum absolute atomic E-state index is 0.199. The smallest absolute Gasteiger partial charge is 0.374 e. The number of hydrogen-bond acceptors (Lipinski definition) is 8. The highest BCUT2D eigenvalue weighted by Crippen LogP contribution is 2.37. The number of nitrogens with two attached hydrogens (primary N) is 1. The van der Waals surface area contributed by atoms with E-state index in [9.17, 15) is 28.1 Å². The van der Waals surface area contributed by atoms with Crippen molar-refractivity contribution in [2.75, 3.05) is 11.1 Å². The molecule has 0 aliphatic heterocycles. The maximum absolute atomic E-state index is 13.1. The summed E-state index contributed by atoms with van der Waals surface area (Å²) in [7, 11) is 0. The molecule has 25 heavy (non-hydrogen) atoms. The lowest BCUT2D eigenvalue weighted by molar-refractivity contribution is -0.385. The van der Waals surface area contributed by atoms with Crippen LogP contribution < -0.4 is 11.1 Å². The average Bonchev–Trinajstić information content (AvgIpc) is 2.91. The van der Waals surface area contributed by atoms with Gasteiger partial charge in [-0.1, -0.05) is 23.1 Å². The number of non-ortho nitro benzene ring substituents is 1. The van der Waals surface area contributed by atoms with Crippen LogP contribution in [0.4, 0.5) is 29.7 Å². The van der Waals surface area contributed by atoms with E-state index in [0.717, 1.165) is 35.2 Å². The largest absolute Gasteiger partial charge is 0.418 e. The summed E-state index contributed by atoms with van der Waals surface area (Å²) < 4.78 is 39.6. The zero-order valence-electron chi connectivity index (χ0n) is 12.4. The summed E-state index contributed by atoms with van der Waals surface area (Å²) in [6.07, 6.45) is -4.86. The molecule has 0 spiro atoms. The molecule has 1 amide bonds. The topological polar surface area (TPSA) is 124 Å². The van der Waals surface area contributed by atoms with Gasteiger partial charge in [-0.25, -0.2) is 0 Å². The Balaban J connectivity index is 2.20. The summed E-state index contributed by atoms with van der Waals surface area (Å²) in [5.74, 6) is -0.724. The number of nitro benzene ring substituents is 1. The molecule has 13 heteroatoms. The Kier molecular flexibility index (Phi) is 5.47. The maximum atomic E-state index is 13.1. The van der Waals surface area contributed by atoms with Crippen molar-refractivity contribution in [3.05, 3.63) is 33.9 Å². The van der Waals surface area contributed by atoms with E-state index in [1.54, 1.807) is 0 Å². The highest BCUT2D eigenvalue weighted by Gasteiger charge is 2.36. The molecule has 0 saturated heterocycles. The van der Waals surface area contributed by atoms with Crippen LogP contribution in [0.5, 0.6) is 0 Å². The third-order valence-electron chi connectivity index (χ3n) is 2.85. The fourth-order valence-electron chi connectivity index (χ4n) is 1.70. The van der Waals surface area contributed by atoms with Crippen LogP contribution in [0.15, 0.2) is 22.5 Å². The number of thioether (sulfide) groups is 1. The number of nitrogens with zero attached hydrogens (tertiary/aromatic N) is 3. The molecular formula is C12H10F3N5O3S2. The lowest BCUT2D eigenvalue weighted by atomic mass is 10.1. The molecule has 1 aromatic carbocycles. The minimum Gasteiger partial charge on any atom is -0.374 e. The number of benzene rings is 1. The first-order valence-corrected chi connectivity index (χ1v) is 8.19. The fraction of sp³-hybridized carbons (Fsp3) is 0.250. The molecule has 0 aliphatic rings. The Morgan fingerprint density at radius 1 is 1.44 bits per heavy atom. The van der Waals surface area contributed by atoms with Crippen molar-refractivity contribution in [1.29, 1.82) is 0 Å². The number of amides is 1. The van der Waals surface area contributed by atoms with Gasteiger partial charge in [0.15, 0.2) is 4.34 Å². The number of nitro groups is 1. The third kappa shape index (κ3) is 4.79. The summed E-state index contributed by atoms with van der Waals surface area (Å²) in [5.41, 5.74) is 2.82. The molecule has 2 rings (SSSR count). The number of carbonyl (C=O) groups is 1. The summed E-state index contributed by atoms with van der Waals surface area (Å²) in [4.78, 5) is 21.8. The van der Waals surface area contributed by atoms with Crippen LogP contribution in [0, 0.1) is 10.1 Å². The van der Waals surface area contributed by atoms with Crippen LogP contribution in [0.1, 0.15) is 12.5 Å². The van der Waals surface area contributed by atoms with Gasteiger partial charge in [0.2, 0.25) is 11.0 Å². The standard InChI is InChI=1S/C12H10F3N5O3S2/c1-5(24-11-19-18-10(16)25-11)9(21)17-8-3-2-6(20(22)23)4-7(8)12(13,14)15/h2-5H,1H3,(H2,16,18)(H,17,21)/t5-/m0/s1. The number of carbonyl (C=O) groups excluding carboxylic acids is 1. The molecule has 2 aromatic rings. The van der Waals surface area contributed by atoms with Gasteiger partial charge in [-0.15, -0.1) is 10.2 Å². The van der Waals surface area contributed by atoms with Gasteiger partial charge in [0.1, 0.15) is 0 Å². The number of alkyl halides is 3. The Hall–Kier alpha value is -2.41. The molecule has 0 bridgehead atoms. The number of hydrogen-bond donors (Lipinski definition) is 2. The van der Waals surface area contributed by atoms with Gasteiger partial charge in [-0.05, 0) is 13.0 Å². The first kappa shape index (κ1) is 18.9. The normalized spacial score (nSPS) is 12.6. The van der Waals surface area contributed by atoms with Crippen molar-refractivity contribution < 1.29 is 22.9 Å². The molecule has 0 fully saturated rings. The number of aromatic nitrogens is 2. The second-order valence-corrected chi connectivity index (χ2v) is 7.24.